The quantitative estimate of drug-likeness (QED) is 0.481. The Morgan fingerprint density at radius 1 is 0.929 bits per heavy atom. The fraction of sp³-hybridized carbons (Fsp3) is 0.0952. The van der Waals surface area contributed by atoms with Crippen LogP contribution in [0.4, 0.5) is 11.4 Å². The largest absolute Gasteiger partial charge is 0.322 e. The van der Waals surface area contributed by atoms with Gasteiger partial charge in [0.1, 0.15) is 0 Å². The number of aryl methyl sites for hydroxylation is 2. The van der Waals surface area contributed by atoms with Crippen molar-refractivity contribution >= 4 is 49.9 Å². The van der Waals surface area contributed by atoms with Crippen molar-refractivity contribution in [2.24, 2.45) is 0 Å². The Labute approximate surface area is 178 Å². The molecule has 0 aliphatic rings. The van der Waals surface area contributed by atoms with E-state index < -0.39 is 10.0 Å². The number of sulfonamides is 1. The fourth-order valence-electron chi connectivity index (χ4n) is 2.69. The molecule has 0 radical (unpaired) electrons. The van der Waals surface area contributed by atoms with Crippen molar-refractivity contribution in [3.8, 4) is 0 Å². The summed E-state index contributed by atoms with van der Waals surface area (Å²) in [6.45, 7) is 3.81. The number of benzene rings is 3. The summed E-state index contributed by atoms with van der Waals surface area (Å²) in [4.78, 5) is 12.5. The number of halogens is 1. The zero-order valence-electron chi connectivity index (χ0n) is 15.4. The van der Waals surface area contributed by atoms with E-state index in [1.807, 2.05) is 38.1 Å². The standard InChI is InChI=1S/C21H19IN2O3S/c1-14-7-12-20(15(2)13-14)24-28(26,27)17-10-8-16(9-11-17)23-21(25)18-5-3-4-6-19(18)22/h3-13,24H,1-2H3,(H,23,25). The second-order valence-electron chi connectivity index (χ2n) is 6.38. The predicted octanol–water partition coefficient (Wildman–Crippen LogP) is 4.96. The molecule has 0 aliphatic carbocycles. The van der Waals surface area contributed by atoms with Crippen molar-refractivity contribution in [2.75, 3.05) is 10.0 Å². The topological polar surface area (TPSA) is 75.3 Å². The van der Waals surface area contributed by atoms with E-state index in [4.69, 9.17) is 0 Å². The molecule has 2 N–H and O–H groups in total. The molecule has 3 aromatic rings. The lowest BCUT2D eigenvalue weighted by Gasteiger charge is -2.12. The number of carbonyl (C=O) groups is 1. The Morgan fingerprint density at radius 3 is 2.25 bits per heavy atom. The molecule has 0 heterocycles. The monoisotopic (exact) mass is 506 g/mol. The van der Waals surface area contributed by atoms with Crippen LogP contribution in [0.15, 0.2) is 71.6 Å². The number of amides is 1. The summed E-state index contributed by atoms with van der Waals surface area (Å²) < 4.78 is 28.7. The first-order valence-electron chi connectivity index (χ1n) is 8.52. The highest BCUT2D eigenvalue weighted by atomic mass is 127. The van der Waals surface area contributed by atoms with Crippen LogP contribution in [0.25, 0.3) is 0 Å². The van der Waals surface area contributed by atoms with Crippen molar-refractivity contribution < 1.29 is 13.2 Å². The Balaban J connectivity index is 1.76. The number of rotatable bonds is 5. The summed E-state index contributed by atoms with van der Waals surface area (Å²) in [5.74, 6) is -0.242. The van der Waals surface area contributed by atoms with Crippen LogP contribution >= 0.6 is 22.6 Å². The van der Waals surface area contributed by atoms with Crippen LogP contribution in [0, 0.1) is 17.4 Å². The Bertz CT molecular complexity index is 1130. The van der Waals surface area contributed by atoms with Gasteiger partial charge in [0.25, 0.3) is 15.9 Å². The van der Waals surface area contributed by atoms with E-state index in [0.717, 1.165) is 14.7 Å². The van der Waals surface area contributed by atoms with E-state index in [1.54, 1.807) is 30.3 Å². The molecule has 3 rings (SSSR count). The fourth-order valence-corrected chi connectivity index (χ4v) is 4.46. The molecule has 1 amide bonds. The second kappa shape index (κ2) is 8.32. The zero-order valence-corrected chi connectivity index (χ0v) is 18.3. The molecule has 0 fully saturated rings. The van der Waals surface area contributed by atoms with Crippen molar-refractivity contribution in [1.82, 2.24) is 0 Å². The summed E-state index contributed by atoms with van der Waals surface area (Å²) in [7, 11) is -3.72. The maximum atomic E-state index is 12.6. The average molecular weight is 506 g/mol. The van der Waals surface area contributed by atoms with E-state index in [0.29, 0.717) is 16.9 Å². The average Bonchev–Trinajstić information content (AvgIpc) is 2.65. The number of carbonyl (C=O) groups excluding carboxylic acids is 1. The van der Waals surface area contributed by atoms with Crippen molar-refractivity contribution in [3.05, 3.63) is 87.0 Å². The van der Waals surface area contributed by atoms with E-state index in [2.05, 4.69) is 32.6 Å². The summed E-state index contributed by atoms with van der Waals surface area (Å²) in [6, 6.07) is 18.9. The molecule has 0 aromatic heterocycles. The lowest BCUT2D eigenvalue weighted by molar-refractivity contribution is 0.102. The van der Waals surface area contributed by atoms with Crippen molar-refractivity contribution in [1.29, 1.82) is 0 Å². The summed E-state index contributed by atoms with van der Waals surface area (Å²) in [5, 5.41) is 2.78. The molecule has 3 aromatic carbocycles. The molecule has 0 saturated carbocycles. The molecule has 0 atom stereocenters. The van der Waals surface area contributed by atoms with Crippen LogP contribution in [0.3, 0.4) is 0 Å². The van der Waals surface area contributed by atoms with Crippen LogP contribution in [-0.2, 0) is 10.0 Å². The minimum atomic E-state index is -3.72. The number of anilines is 2. The minimum Gasteiger partial charge on any atom is -0.322 e. The first-order chi connectivity index (χ1) is 13.3. The normalized spacial score (nSPS) is 11.1. The van der Waals surface area contributed by atoms with Gasteiger partial charge in [-0.1, -0.05) is 29.8 Å². The van der Waals surface area contributed by atoms with Gasteiger partial charge < -0.3 is 5.32 Å². The molecule has 0 aliphatic heterocycles. The molecular formula is C21H19IN2O3S. The van der Waals surface area contributed by atoms with E-state index in [-0.39, 0.29) is 10.8 Å². The van der Waals surface area contributed by atoms with Gasteiger partial charge in [-0.25, -0.2) is 8.42 Å². The van der Waals surface area contributed by atoms with Crippen molar-refractivity contribution in [3.63, 3.8) is 0 Å². The summed E-state index contributed by atoms with van der Waals surface area (Å²) in [6.07, 6.45) is 0. The molecule has 5 nitrogen and oxygen atoms in total. The molecule has 0 bridgehead atoms. The van der Waals surface area contributed by atoms with Gasteiger partial charge in [0.15, 0.2) is 0 Å². The second-order valence-corrected chi connectivity index (χ2v) is 9.23. The van der Waals surface area contributed by atoms with Gasteiger partial charge in [0.05, 0.1) is 16.1 Å². The van der Waals surface area contributed by atoms with Gasteiger partial charge in [-0.3, -0.25) is 9.52 Å². The number of nitrogens with one attached hydrogen (secondary N) is 2. The molecule has 0 saturated heterocycles. The smallest absolute Gasteiger partial charge is 0.261 e. The van der Waals surface area contributed by atoms with E-state index in [1.165, 1.54) is 12.1 Å². The first-order valence-corrected chi connectivity index (χ1v) is 11.1. The molecule has 28 heavy (non-hydrogen) atoms. The van der Waals surface area contributed by atoms with Gasteiger partial charge in [-0.05, 0) is 84.5 Å². The third kappa shape index (κ3) is 4.71. The lowest BCUT2D eigenvalue weighted by atomic mass is 10.1. The molecule has 0 spiro atoms. The van der Waals surface area contributed by atoms with Crippen LogP contribution in [-0.4, -0.2) is 14.3 Å². The Morgan fingerprint density at radius 2 is 1.61 bits per heavy atom. The van der Waals surface area contributed by atoms with Crippen LogP contribution in [0.5, 0.6) is 0 Å². The molecule has 7 heteroatoms. The van der Waals surface area contributed by atoms with E-state index in [9.17, 15) is 13.2 Å². The summed E-state index contributed by atoms with van der Waals surface area (Å²) in [5.41, 5.74) is 3.55. The third-order valence-electron chi connectivity index (χ3n) is 4.17. The molecule has 144 valence electrons. The first kappa shape index (κ1) is 20.3. The maximum absolute atomic E-state index is 12.6. The van der Waals surface area contributed by atoms with Gasteiger partial charge >= 0.3 is 0 Å². The maximum Gasteiger partial charge on any atom is 0.261 e. The third-order valence-corrected chi connectivity index (χ3v) is 6.49. The highest BCUT2D eigenvalue weighted by Crippen LogP contribution is 2.22. The Kier molecular flexibility index (Phi) is 6.04. The van der Waals surface area contributed by atoms with E-state index >= 15 is 0 Å². The minimum absolute atomic E-state index is 0.125. The van der Waals surface area contributed by atoms with Gasteiger partial charge in [0.2, 0.25) is 0 Å². The number of hydrogen-bond acceptors (Lipinski definition) is 3. The number of hydrogen-bond donors (Lipinski definition) is 2. The molecule has 0 unspecified atom stereocenters. The Hall–Kier alpha value is -2.39. The van der Waals surface area contributed by atoms with Crippen LogP contribution in [0.1, 0.15) is 21.5 Å². The van der Waals surface area contributed by atoms with Crippen LogP contribution < -0.4 is 10.0 Å². The van der Waals surface area contributed by atoms with Gasteiger partial charge in [-0.15, -0.1) is 0 Å². The highest BCUT2D eigenvalue weighted by molar-refractivity contribution is 14.1. The summed E-state index contributed by atoms with van der Waals surface area (Å²) >= 11 is 2.10. The van der Waals surface area contributed by atoms with Gasteiger partial charge in [-0.2, -0.15) is 0 Å². The van der Waals surface area contributed by atoms with Crippen molar-refractivity contribution in [2.45, 2.75) is 18.7 Å². The zero-order chi connectivity index (χ0) is 20.3. The predicted molar refractivity (Wildman–Crippen MR) is 120 cm³/mol. The van der Waals surface area contributed by atoms with Gasteiger partial charge in [0, 0.05) is 9.26 Å². The molecular weight excluding hydrogens is 487 g/mol. The SMILES string of the molecule is Cc1ccc(NS(=O)(=O)c2ccc(NC(=O)c3ccccc3I)cc2)c(C)c1. The van der Waals surface area contributed by atoms with Crippen LogP contribution in [0.2, 0.25) is 0 Å². The lowest BCUT2D eigenvalue weighted by Crippen LogP contribution is -2.15. The highest BCUT2D eigenvalue weighted by Gasteiger charge is 2.16.